The molecule has 0 amide bonds. The smallest absolute Gasteiger partial charge is 0.308 e. The van der Waals surface area contributed by atoms with Crippen LogP contribution in [0.4, 0.5) is 0 Å². The molecule has 11 heteroatoms. The minimum Gasteiger partial charge on any atom is -0.423 e. The Morgan fingerprint density at radius 3 is 1.71 bits per heavy atom. The van der Waals surface area contributed by atoms with Gasteiger partial charge in [0.05, 0.1) is 4.90 Å². The number of benzene rings is 2. The zero-order chi connectivity index (χ0) is 23.3. The van der Waals surface area contributed by atoms with Crippen molar-refractivity contribution in [1.82, 2.24) is 0 Å². The van der Waals surface area contributed by atoms with Gasteiger partial charge in [-0.3, -0.25) is 19.2 Å². The second-order valence-electron chi connectivity index (χ2n) is 6.07. The summed E-state index contributed by atoms with van der Waals surface area (Å²) >= 11 is 0. The van der Waals surface area contributed by atoms with Gasteiger partial charge in [-0.1, -0.05) is 6.07 Å². The van der Waals surface area contributed by atoms with E-state index in [0.717, 1.165) is 52.0 Å². The number of hydrogen-bond acceptors (Lipinski definition) is 10. The average Bonchev–Trinajstić information content (AvgIpc) is 2.62. The van der Waals surface area contributed by atoms with Crippen LogP contribution in [0, 0.1) is 0 Å². The molecule has 2 rings (SSSR count). The third-order valence-electron chi connectivity index (χ3n) is 3.46. The van der Waals surface area contributed by atoms with Crippen LogP contribution in [0.15, 0.2) is 46.2 Å². The Bertz CT molecular complexity index is 1160. The van der Waals surface area contributed by atoms with Crippen molar-refractivity contribution in [2.75, 3.05) is 0 Å². The van der Waals surface area contributed by atoms with Gasteiger partial charge < -0.3 is 18.9 Å². The maximum absolute atomic E-state index is 13.3. The minimum atomic E-state index is -4.38. The van der Waals surface area contributed by atoms with Gasteiger partial charge in [0.15, 0.2) is 23.0 Å². The largest absolute Gasteiger partial charge is 0.423 e. The fraction of sp³-hybridized carbons (Fsp3) is 0.200. The quantitative estimate of drug-likeness (QED) is 0.475. The molecular formula is C20H18O10S. The lowest BCUT2D eigenvalue weighted by atomic mass is 10.3. The van der Waals surface area contributed by atoms with Gasteiger partial charge in [-0.15, -0.1) is 0 Å². The van der Waals surface area contributed by atoms with Gasteiger partial charge >= 0.3 is 23.9 Å². The highest BCUT2D eigenvalue weighted by molar-refractivity contribution is 7.91. The molecule has 0 radical (unpaired) electrons. The molecular weight excluding hydrogens is 432 g/mol. The molecule has 10 nitrogen and oxygen atoms in total. The molecule has 0 heterocycles. The molecule has 0 atom stereocenters. The van der Waals surface area contributed by atoms with Crippen LogP contribution in [0.25, 0.3) is 0 Å². The standard InChI is InChI=1S/C20H18O10S/c1-11(21)27-16-9-8-15(10-18(16)29-13(3)23)31(25,26)19-7-5-6-17(28-12(2)22)20(19)30-14(4)24/h5-10H,1-4H3. The first-order valence-corrected chi connectivity index (χ1v) is 10.2. The van der Waals surface area contributed by atoms with Crippen molar-refractivity contribution in [3.05, 3.63) is 36.4 Å². The number of carbonyl (C=O) groups excluding carboxylic acids is 4. The Morgan fingerprint density at radius 1 is 0.645 bits per heavy atom. The second-order valence-corrected chi connectivity index (χ2v) is 7.99. The third-order valence-corrected chi connectivity index (χ3v) is 5.24. The van der Waals surface area contributed by atoms with Gasteiger partial charge in [-0.25, -0.2) is 8.42 Å². The zero-order valence-electron chi connectivity index (χ0n) is 17.0. The van der Waals surface area contributed by atoms with Crippen LogP contribution in [0.3, 0.4) is 0 Å². The molecule has 0 fully saturated rings. The highest BCUT2D eigenvalue weighted by atomic mass is 32.2. The lowest BCUT2D eigenvalue weighted by molar-refractivity contribution is -0.134. The van der Waals surface area contributed by atoms with Crippen LogP contribution in [-0.4, -0.2) is 32.3 Å². The Kier molecular flexibility index (Phi) is 7.13. The molecule has 2 aromatic rings. The summed E-state index contributed by atoms with van der Waals surface area (Å²) in [7, 11) is -4.38. The molecule has 0 bridgehead atoms. The van der Waals surface area contributed by atoms with Crippen LogP contribution in [0.2, 0.25) is 0 Å². The first kappa shape index (κ1) is 23.5. The predicted molar refractivity (Wildman–Crippen MR) is 104 cm³/mol. The van der Waals surface area contributed by atoms with Crippen LogP contribution >= 0.6 is 0 Å². The first-order valence-electron chi connectivity index (χ1n) is 8.67. The molecule has 2 aromatic carbocycles. The van der Waals surface area contributed by atoms with Crippen molar-refractivity contribution >= 4 is 33.7 Å². The molecule has 0 aliphatic rings. The predicted octanol–water partition coefficient (Wildman–Crippen LogP) is 2.22. The summed E-state index contributed by atoms with van der Waals surface area (Å²) in [5.41, 5.74) is 0. The van der Waals surface area contributed by atoms with E-state index in [-0.39, 0.29) is 22.1 Å². The second kappa shape index (κ2) is 9.39. The van der Waals surface area contributed by atoms with Crippen molar-refractivity contribution < 1.29 is 46.5 Å². The number of rotatable bonds is 6. The molecule has 0 saturated carbocycles. The van der Waals surface area contributed by atoms with Gasteiger partial charge in [0, 0.05) is 33.8 Å². The van der Waals surface area contributed by atoms with Gasteiger partial charge in [-0.2, -0.15) is 0 Å². The highest BCUT2D eigenvalue weighted by Crippen LogP contribution is 2.39. The SMILES string of the molecule is CC(=O)Oc1ccc(S(=O)(=O)c2cccc(OC(C)=O)c2OC(C)=O)cc1OC(C)=O. The van der Waals surface area contributed by atoms with Crippen molar-refractivity contribution in [2.45, 2.75) is 37.5 Å². The van der Waals surface area contributed by atoms with Crippen LogP contribution in [-0.2, 0) is 29.0 Å². The summed E-state index contributed by atoms with van der Waals surface area (Å²) in [5.74, 6) is -4.34. The molecule has 0 saturated heterocycles. The zero-order valence-corrected chi connectivity index (χ0v) is 17.8. The number of sulfone groups is 1. The van der Waals surface area contributed by atoms with Gasteiger partial charge in [0.1, 0.15) is 4.90 Å². The van der Waals surface area contributed by atoms with Crippen molar-refractivity contribution in [1.29, 1.82) is 0 Å². The normalized spacial score (nSPS) is 10.7. The number of carbonyl (C=O) groups is 4. The Balaban J connectivity index is 2.68. The van der Waals surface area contributed by atoms with E-state index in [2.05, 4.69) is 0 Å². The lowest BCUT2D eigenvalue weighted by Crippen LogP contribution is -2.12. The van der Waals surface area contributed by atoms with E-state index in [9.17, 15) is 27.6 Å². The maximum Gasteiger partial charge on any atom is 0.308 e. The molecule has 164 valence electrons. The van der Waals surface area contributed by atoms with Crippen LogP contribution in [0.5, 0.6) is 23.0 Å². The number of ether oxygens (including phenoxy) is 4. The summed E-state index contributed by atoms with van der Waals surface area (Å²) in [4.78, 5) is 44.7. The minimum absolute atomic E-state index is 0.171. The molecule has 0 aliphatic carbocycles. The van der Waals surface area contributed by atoms with Crippen molar-refractivity contribution in [2.24, 2.45) is 0 Å². The van der Waals surface area contributed by atoms with E-state index in [1.165, 1.54) is 12.1 Å². The summed E-state index contributed by atoms with van der Waals surface area (Å²) in [6.45, 7) is 4.35. The first-order chi connectivity index (χ1) is 14.4. The third kappa shape index (κ3) is 5.89. The van der Waals surface area contributed by atoms with Crippen LogP contribution in [0.1, 0.15) is 27.7 Å². The Morgan fingerprint density at radius 2 is 1.16 bits per heavy atom. The van der Waals surface area contributed by atoms with Gasteiger partial charge in [-0.05, 0) is 24.3 Å². The molecule has 31 heavy (non-hydrogen) atoms. The van der Waals surface area contributed by atoms with Crippen molar-refractivity contribution in [3.63, 3.8) is 0 Å². The average molecular weight is 450 g/mol. The number of para-hydroxylation sites is 1. The Hall–Kier alpha value is -3.73. The van der Waals surface area contributed by atoms with E-state index in [1.807, 2.05) is 0 Å². The molecule has 0 aromatic heterocycles. The van der Waals surface area contributed by atoms with E-state index in [0.29, 0.717) is 0 Å². The molecule has 0 N–H and O–H groups in total. The van der Waals surface area contributed by atoms with Crippen LogP contribution < -0.4 is 18.9 Å². The topological polar surface area (TPSA) is 139 Å². The summed E-state index contributed by atoms with van der Waals surface area (Å²) in [6.07, 6.45) is 0. The van der Waals surface area contributed by atoms with E-state index < -0.39 is 44.4 Å². The lowest BCUT2D eigenvalue weighted by Gasteiger charge is -2.15. The number of esters is 4. The fourth-order valence-corrected chi connectivity index (χ4v) is 3.85. The molecule has 0 spiro atoms. The molecule has 0 unspecified atom stereocenters. The monoisotopic (exact) mass is 450 g/mol. The summed E-state index contributed by atoms with van der Waals surface area (Å²) in [6, 6.07) is 6.91. The van der Waals surface area contributed by atoms with E-state index >= 15 is 0 Å². The van der Waals surface area contributed by atoms with Gasteiger partial charge in [0.2, 0.25) is 9.84 Å². The summed E-state index contributed by atoms with van der Waals surface area (Å²) < 4.78 is 46.4. The fourth-order valence-electron chi connectivity index (χ4n) is 2.44. The Labute approximate surface area is 177 Å². The summed E-state index contributed by atoms with van der Waals surface area (Å²) in [5, 5.41) is 0. The van der Waals surface area contributed by atoms with E-state index in [4.69, 9.17) is 18.9 Å². The van der Waals surface area contributed by atoms with Gasteiger partial charge in [0.25, 0.3) is 0 Å². The maximum atomic E-state index is 13.3. The van der Waals surface area contributed by atoms with Crippen molar-refractivity contribution in [3.8, 4) is 23.0 Å². The highest BCUT2D eigenvalue weighted by Gasteiger charge is 2.28. The van der Waals surface area contributed by atoms with E-state index in [1.54, 1.807) is 0 Å². The molecule has 0 aliphatic heterocycles. The number of hydrogen-bond donors (Lipinski definition) is 0.